The maximum atomic E-state index is 10.6. The maximum Gasteiger partial charge on any atom is 0.123 e. The highest BCUT2D eigenvalue weighted by Crippen LogP contribution is 2.46. The summed E-state index contributed by atoms with van der Waals surface area (Å²) < 4.78 is 11.1. The van der Waals surface area contributed by atoms with Crippen molar-refractivity contribution in [3.05, 3.63) is 58.7 Å². The second-order valence-electron chi connectivity index (χ2n) is 7.52. The number of ether oxygens (including phenoxy) is 2. The maximum absolute atomic E-state index is 10.6. The Morgan fingerprint density at radius 1 is 1.00 bits per heavy atom. The normalized spacial score (nSPS) is 26.4. The van der Waals surface area contributed by atoms with Gasteiger partial charge in [-0.3, -0.25) is 0 Å². The predicted octanol–water partition coefficient (Wildman–Crippen LogP) is 2.22. The van der Waals surface area contributed by atoms with Crippen LogP contribution in [-0.4, -0.2) is 64.3 Å². The number of hydrogen-bond acceptors (Lipinski definition) is 7. The molecule has 1 aliphatic heterocycles. The Morgan fingerprint density at radius 2 is 1.70 bits per heavy atom. The summed E-state index contributed by atoms with van der Waals surface area (Å²) in [5, 5.41) is 39.5. The van der Waals surface area contributed by atoms with Crippen molar-refractivity contribution in [3.63, 3.8) is 0 Å². The molecule has 1 fully saturated rings. The van der Waals surface area contributed by atoms with Crippen LogP contribution in [0.2, 0.25) is 0 Å². The lowest BCUT2D eigenvalue weighted by Crippen LogP contribution is -2.51. The molecule has 1 aliphatic rings. The van der Waals surface area contributed by atoms with Gasteiger partial charge < -0.3 is 29.9 Å². The lowest BCUT2D eigenvalue weighted by molar-refractivity contribution is -0.0701. The molecule has 2 aromatic rings. The van der Waals surface area contributed by atoms with E-state index >= 15 is 0 Å². The SMILES string of the molecule is CCOc1ccc(Cc2cc([C@H]3S[C@H](CO)[C@@H](O)[C@H](O)[C@H]3O)c(OC)cc2C)cc1. The molecule has 0 radical (unpaired) electrons. The highest BCUT2D eigenvalue weighted by Gasteiger charge is 2.44. The third kappa shape index (κ3) is 4.76. The van der Waals surface area contributed by atoms with Crippen molar-refractivity contribution >= 4 is 11.8 Å². The molecule has 1 heterocycles. The van der Waals surface area contributed by atoms with Crippen molar-refractivity contribution in [2.24, 2.45) is 0 Å². The molecule has 5 atom stereocenters. The quantitative estimate of drug-likeness (QED) is 0.530. The summed E-state index contributed by atoms with van der Waals surface area (Å²) in [4.78, 5) is 0. The van der Waals surface area contributed by atoms with Crippen molar-refractivity contribution in [2.75, 3.05) is 20.3 Å². The molecule has 0 spiro atoms. The fourth-order valence-corrected chi connectivity index (χ4v) is 5.22. The molecule has 0 saturated carbocycles. The van der Waals surface area contributed by atoms with E-state index in [4.69, 9.17) is 9.47 Å². The van der Waals surface area contributed by atoms with Crippen molar-refractivity contribution in [2.45, 2.75) is 49.1 Å². The van der Waals surface area contributed by atoms with Crippen LogP contribution in [-0.2, 0) is 6.42 Å². The minimum absolute atomic E-state index is 0.292. The number of methoxy groups -OCH3 is 1. The highest BCUT2D eigenvalue weighted by molar-refractivity contribution is 8.00. The first-order valence-electron chi connectivity index (χ1n) is 10.1. The van der Waals surface area contributed by atoms with E-state index in [1.807, 2.05) is 50.2 Å². The molecule has 3 rings (SSSR count). The van der Waals surface area contributed by atoms with E-state index in [1.54, 1.807) is 7.11 Å². The van der Waals surface area contributed by atoms with Gasteiger partial charge in [0.2, 0.25) is 0 Å². The smallest absolute Gasteiger partial charge is 0.123 e. The van der Waals surface area contributed by atoms with Gasteiger partial charge in [-0.2, -0.15) is 0 Å². The highest BCUT2D eigenvalue weighted by atomic mass is 32.2. The average molecular weight is 435 g/mol. The standard InChI is InChI=1S/C23H30O6S/c1-4-29-16-7-5-14(6-8-16)10-15-11-17(18(28-3)9-13(15)2)23-22(27)21(26)20(25)19(12-24)30-23/h5-9,11,19-27H,4,10,12H2,1-3H3/t19-,20-,21+,22-,23-/m1/s1. The van der Waals surface area contributed by atoms with E-state index in [1.165, 1.54) is 11.8 Å². The molecule has 0 aliphatic carbocycles. The van der Waals surface area contributed by atoms with Crippen LogP contribution >= 0.6 is 11.8 Å². The van der Waals surface area contributed by atoms with Gasteiger partial charge in [-0.1, -0.05) is 18.2 Å². The molecule has 2 aromatic carbocycles. The van der Waals surface area contributed by atoms with Gasteiger partial charge in [-0.15, -0.1) is 11.8 Å². The Balaban J connectivity index is 1.93. The first-order chi connectivity index (χ1) is 14.4. The Hall–Kier alpha value is -1.77. The summed E-state index contributed by atoms with van der Waals surface area (Å²) in [6.45, 7) is 4.29. The van der Waals surface area contributed by atoms with E-state index in [0.29, 0.717) is 18.8 Å². The lowest BCUT2D eigenvalue weighted by Gasteiger charge is -2.40. The second kappa shape index (κ2) is 10.0. The van der Waals surface area contributed by atoms with Crippen LogP contribution in [0.5, 0.6) is 11.5 Å². The molecule has 0 amide bonds. The zero-order chi connectivity index (χ0) is 21.8. The zero-order valence-corrected chi connectivity index (χ0v) is 18.3. The molecule has 6 nitrogen and oxygen atoms in total. The van der Waals surface area contributed by atoms with E-state index in [-0.39, 0.29) is 6.61 Å². The Kier molecular flexibility index (Phi) is 7.65. The summed E-state index contributed by atoms with van der Waals surface area (Å²) in [6, 6.07) is 11.9. The summed E-state index contributed by atoms with van der Waals surface area (Å²) >= 11 is 1.26. The zero-order valence-electron chi connectivity index (χ0n) is 17.5. The fraction of sp³-hybridized carbons (Fsp3) is 0.478. The number of aryl methyl sites for hydroxylation is 1. The number of aliphatic hydroxyl groups excluding tert-OH is 4. The van der Waals surface area contributed by atoms with Gasteiger partial charge in [0.1, 0.15) is 17.6 Å². The first-order valence-corrected chi connectivity index (χ1v) is 11.0. The van der Waals surface area contributed by atoms with Crippen LogP contribution in [0.4, 0.5) is 0 Å². The van der Waals surface area contributed by atoms with Crippen LogP contribution < -0.4 is 9.47 Å². The minimum Gasteiger partial charge on any atom is -0.496 e. The minimum atomic E-state index is -1.34. The summed E-state index contributed by atoms with van der Waals surface area (Å²) in [5.41, 5.74) is 3.99. The number of hydrogen-bond donors (Lipinski definition) is 4. The van der Waals surface area contributed by atoms with Gasteiger partial charge in [0.15, 0.2) is 0 Å². The van der Waals surface area contributed by atoms with Crippen LogP contribution in [0.3, 0.4) is 0 Å². The monoisotopic (exact) mass is 434 g/mol. The molecule has 164 valence electrons. The van der Waals surface area contributed by atoms with Gasteiger partial charge in [0, 0.05) is 5.56 Å². The molecule has 7 heteroatoms. The average Bonchev–Trinajstić information content (AvgIpc) is 2.75. The van der Waals surface area contributed by atoms with Crippen molar-refractivity contribution in [1.82, 2.24) is 0 Å². The molecular formula is C23H30O6S. The van der Waals surface area contributed by atoms with Crippen LogP contribution in [0.25, 0.3) is 0 Å². The third-order valence-corrected chi connectivity index (χ3v) is 7.12. The van der Waals surface area contributed by atoms with Gasteiger partial charge in [0.05, 0.1) is 43.0 Å². The van der Waals surface area contributed by atoms with Crippen LogP contribution in [0.1, 0.15) is 34.4 Å². The lowest BCUT2D eigenvalue weighted by atomic mass is 9.92. The third-order valence-electron chi connectivity index (χ3n) is 5.52. The van der Waals surface area contributed by atoms with E-state index < -0.39 is 28.8 Å². The number of thioether (sulfide) groups is 1. The molecule has 0 unspecified atom stereocenters. The van der Waals surface area contributed by atoms with Crippen LogP contribution in [0.15, 0.2) is 36.4 Å². The fourth-order valence-electron chi connectivity index (χ4n) is 3.78. The molecular weight excluding hydrogens is 404 g/mol. The number of benzene rings is 2. The molecule has 0 aromatic heterocycles. The van der Waals surface area contributed by atoms with Crippen molar-refractivity contribution < 1.29 is 29.9 Å². The summed E-state index contributed by atoms with van der Waals surface area (Å²) in [5.74, 6) is 1.44. The van der Waals surface area contributed by atoms with Gasteiger partial charge in [0.25, 0.3) is 0 Å². The Bertz CT molecular complexity index is 838. The van der Waals surface area contributed by atoms with Crippen molar-refractivity contribution in [1.29, 1.82) is 0 Å². The Labute approximate surface area is 181 Å². The molecule has 0 bridgehead atoms. The van der Waals surface area contributed by atoms with Crippen molar-refractivity contribution in [3.8, 4) is 11.5 Å². The first kappa shape index (κ1) is 22.9. The van der Waals surface area contributed by atoms with Gasteiger partial charge >= 0.3 is 0 Å². The van der Waals surface area contributed by atoms with E-state index in [0.717, 1.165) is 28.0 Å². The van der Waals surface area contributed by atoms with E-state index in [2.05, 4.69) is 0 Å². The predicted molar refractivity (Wildman–Crippen MR) is 117 cm³/mol. The second-order valence-corrected chi connectivity index (χ2v) is 8.91. The number of aliphatic hydroxyl groups is 4. The Morgan fingerprint density at radius 3 is 2.30 bits per heavy atom. The van der Waals surface area contributed by atoms with E-state index in [9.17, 15) is 20.4 Å². The van der Waals surface area contributed by atoms with Gasteiger partial charge in [-0.05, 0) is 55.2 Å². The van der Waals surface area contributed by atoms with Crippen LogP contribution in [0, 0.1) is 6.92 Å². The summed E-state index contributed by atoms with van der Waals surface area (Å²) in [6.07, 6.45) is -3.01. The number of rotatable bonds is 7. The topological polar surface area (TPSA) is 99.4 Å². The molecule has 30 heavy (non-hydrogen) atoms. The molecule has 1 saturated heterocycles. The van der Waals surface area contributed by atoms with Gasteiger partial charge in [-0.25, -0.2) is 0 Å². The molecule has 4 N–H and O–H groups in total. The largest absolute Gasteiger partial charge is 0.496 e. The summed E-state index contributed by atoms with van der Waals surface area (Å²) in [7, 11) is 1.57.